The van der Waals surface area contributed by atoms with Crippen molar-refractivity contribution in [1.29, 1.82) is 0 Å². The molecule has 0 aromatic heterocycles. The zero-order chi connectivity index (χ0) is 19.2. The lowest BCUT2D eigenvalue weighted by atomic mass is 9.98. The molecule has 3 rings (SSSR count). The maximum absolute atomic E-state index is 12.1. The summed E-state index contributed by atoms with van der Waals surface area (Å²) in [5.41, 5.74) is 10.2. The van der Waals surface area contributed by atoms with Gasteiger partial charge < -0.3 is 15.8 Å². The van der Waals surface area contributed by atoms with Crippen molar-refractivity contribution in [1.82, 2.24) is 0 Å². The third kappa shape index (κ3) is 4.67. The Bertz CT molecular complexity index is 853. The van der Waals surface area contributed by atoms with Gasteiger partial charge in [-0.2, -0.15) is 0 Å². The van der Waals surface area contributed by atoms with E-state index in [1.807, 2.05) is 56.3 Å². The minimum Gasteiger partial charge on any atom is -0.459 e. The van der Waals surface area contributed by atoms with Crippen LogP contribution in [0.3, 0.4) is 0 Å². The van der Waals surface area contributed by atoms with Gasteiger partial charge in [-0.1, -0.05) is 60.7 Å². The normalized spacial score (nSPS) is 10.8. The standard InChI is InChI=1S/C23H24N2O2/c1-16(2)27-23(26)19-13-14-21(20(24)15-19)25-22(17-9-5-3-6-10-17)18-11-7-4-8-12-18/h3-16,22,25H,24H2,1-2H3. The SMILES string of the molecule is CC(C)OC(=O)c1ccc(NC(c2ccccc2)c2ccccc2)c(N)c1. The number of benzene rings is 3. The molecule has 0 saturated carbocycles. The molecule has 0 bridgehead atoms. The average molecular weight is 360 g/mol. The maximum Gasteiger partial charge on any atom is 0.338 e. The predicted molar refractivity (Wildman–Crippen MR) is 110 cm³/mol. The van der Waals surface area contributed by atoms with Crippen LogP contribution in [-0.4, -0.2) is 12.1 Å². The van der Waals surface area contributed by atoms with Crippen molar-refractivity contribution in [2.24, 2.45) is 0 Å². The summed E-state index contributed by atoms with van der Waals surface area (Å²) >= 11 is 0. The van der Waals surface area contributed by atoms with Gasteiger partial charge in [-0.25, -0.2) is 4.79 Å². The van der Waals surface area contributed by atoms with Crippen molar-refractivity contribution in [2.75, 3.05) is 11.1 Å². The number of nitrogen functional groups attached to an aromatic ring is 1. The third-order valence-corrected chi connectivity index (χ3v) is 4.20. The Morgan fingerprint density at radius 3 is 1.93 bits per heavy atom. The Morgan fingerprint density at radius 1 is 0.889 bits per heavy atom. The van der Waals surface area contributed by atoms with Crippen LogP contribution < -0.4 is 11.1 Å². The van der Waals surface area contributed by atoms with E-state index in [4.69, 9.17) is 10.5 Å². The maximum atomic E-state index is 12.1. The number of carbonyl (C=O) groups is 1. The van der Waals surface area contributed by atoms with Gasteiger partial charge in [0.15, 0.2) is 0 Å². The molecule has 27 heavy (non-hydrogen) atoms. The van der Waals surface area contributed by atoms with Crippen molar-refractivity contribution in [3.05, 3.63) is 95.6 Å². The van der Waals surface area contributed by atoms with Crippen LogP contribution >= 0.6 is 0 Å². The molecule has 0 fully saturated rings. The number of hydrogen-bond donors (Lipinski definition) is 2. The van der Waals surface area contributed by atoms with E-state index in [0.717, 1.165) is 16.8 Å². The first-order chi connectivity index (χ1) is 13.0. The third-order valence-electron chi connectivity index (χ3n) is 4.20. The highest BCUT2D eigenvalue weighted by Gasteiger charge is 2.16. The molecule has 0 atom stereocenters. The van der Waals surface area contributed by atoms with E-state index in [2.05, 4.69) is 29.6 Å². The average Bonchev–Trinajstić information content (AvgIpc) is 2.68. The van der Waals surface area contributed by atoms with Crippen molar-refractivity contribution in [3.8, 4) is 0 Å². The molecule has 0 saturated heterocycles. The van der Waals surface area contributed by atoms with Crippen LogP contribution in [-0.2, 0) is 4.74 Å². The van der Waals surface area contributed by atoms with Gasteiger partial charge in [0.1, 0.15) is 0 Å². The molecule has 0 heterocycles. The van der Waals surface area contributed by atoms with Gasteiger partial charge in [0.25, 0.3) is 0 Å². The summed E-state index contributed by atoms with van der Waals surface area (Å²) in [6, 6.07) is 25.5. The number of esters is 1. The van der Waals surface area contributed by atoms with Crippen LogP contribution in [0.5, 0.6) is 0 Å². The van der Waals surface area contributed by atoms with Gasteiger partial charge in [-0.3, -0.25) is 0 Å². The van der Waals surface area contributed by atoms with Crippen LogP contribution in [0.25, 0.3) is 0 Å². The van der Waals surface area contributed by atoms with Crippen LogP contribution in [0, 0.1) is 0 Å². The molecule has 138 valence electrons. The molecule has 4 nitrogen and oxygen atoms in total. The van der Waals surface area contributed by atoms with E-state index >= 15 is 0 Å². The number of rotatable bonds is 6. The summed E-state index contributed by atoms with van der Waals surface area (Å²) in [6.07, 6.45) is -0.169. The van der Waals surface area contributed by atoms with E-state index in [1.54, 1.807) is 12.1 Å². The Kier molecular flexibility index (Phi) is 5.77. The van der Waals surface area contributed by atoms with Gasteiger partial charge in [0, 0.05) is 0 Å². The lowest BCUT2D eigenvalue weighted by Crippen LogP contribution is -2.15. The number of carbonyl (C=O) groups excluding carboxylic acids is 1. The summed E-state index contributed by atoms with van der Waals surface area (Å²) in [6.45, 7) is 3.64. The van der Waals surface area contributed by atoms with Crippen LogP contribution in [0.1, 0.15) is 41.4 Å². The monoisotopic (exact) mass is 360 g/mol. The van der Waals surface area contributed by atoms with E-state index in [9.17, 15) is 4.79 Å². The molecular formula is C23H24N2O2. The molecule has 3 aromatic rings. The van der Waals surface area contributed by atoms with Crippen LogP contribution in [0.4, 0.5) is 11.4 Å². The highest BCUT2D eigenvalue weighted by Crippen LogP contribution is 2.30. The number of nitrogens with one attached hydrogen (secondary N) is 1. The summed E-state index contributed by atoms with van der Waals surface area (Å²) in [7, 11) is 0. The molecular weight excluding hydrogens is 336 g/mol. The first kappa shape index (κ1) is 18.5. The van der Waals surface area contributed by atoms with Gasteiger partial charge in [-0.05, 0) is 43.2 Å². The highest BCUT2D eigenvalue weighted by molar-refractivity contribution is 5.92. The van der Waals surface area contributed by atoms with Crippen molar-refractivity contribution in [3.63, 3.8) is 0 Å². The topological polar surface area (TPSA) is 64.3 Å². The van der Waals surface area contributed by atoms with Crippen LogP contribution in [0.2, 0.25) is 0 Å². The quantitative estimate of drug-likeness (QED) is 0.478. The number of nitrogens with two attached hydrogens (primary N) is 1. The second-order valence-corrected chi connectivity index (χ2v) is 6.65. The van der Waals surface area contributed by atoms with E-state index in [-0.39, 0.29) is 18.1 Å². The number of anilines is 2. The second kappa shape index (κ2) is 8.41. The van der Waals surface area contributed by atoms with Gasteiger partial charge in [0.05, 0.1) is 29.1 Å². The molecule has 0 aliphatic rings. The second-order valence-electron chi connectivity index (χ2n) is 6.65. The molecule has 4 heteroatoms. The molecule has 0 amide bonds. The molecule has 0 radical (unpaired) electrons. The fourth-order valence-electron chi connectivity index (χ4n) is 2.91. The Labute approximate surface area is 160 Å². The van der Waals surface area contributed by atoms with E-state index < -0.39 is 0 Å². The lowest BCUT2D eigenvalue weighted by Gasteiger charge is -2.22. The first-order valence-corrected chi connectivity index (χ1v) is 9.01. The largest absolute Gasteiger partial charge is 0.459 e. The zero-order valence-electron chi connectivity index (χ0n) is 15.6. The number of hydrogen-bond acceptors (Lipinski definition) is 4. The minimum atomic E-state index is -0.370. The van der Waals surface area contributed by atoms with Crippen molar-refractivity contribution >= 4 is 17.3 Å². The molecule has 3 aromatic carbocycles. The Balaban J connectivity index is 1.89. The smallest absolute Gasteiger partial charge is 0.338 e. The summed E-state index contributed by atoms with van der Waals surface area (Å²) in [4.78, 5) is 12.1. The lowest BCUT2D eigenvalue weighted by molar-refractivity contribution is 0.0378. The molecule has 3 N–H and O–H groups in total. The molecule has 0 aliphatic carbocycles. The zero-order valence-corrected chi connectivity index (χ0v) is 15.6. The van der Waals surface area contributed by atoms with Crippen molar-refractivity contribution < 1.29 is 9.53 Å². The van der Waals surface area contributed by atoms with Crippen LogP contribution in [0.15, 0.2) is 78.9 Å². The number of ether oxygens (including phenoxy) is 1. The van der Waals surface area contributed by atoms with Gasteiger partial charge in [-0.15, -0.1) is 0 Å². The predicted octanol–water partition coefficient (Wildman–Crippen LogP) is 5.04. The van der Waals surface area contributed by atoms with Gasteiger partial charge in [0.2, 0.25) is 0 Å². The van der Waals surface area contributed by atoms with E-state index in [0.29, 0.717) is 11.3 Å². The van der Waals surface area contributed by atoms with Gasteiger partial charge >= 0.3 is 5.97 Å². The van der Waals surface area contributed by atoms with Crippen molar-refractivity contribution in [2.45, 2.75) is 26.0 Å². The summed E-state index contributed by atoms with van der Waals surface area (Å²) in [5, 5.41) is 3.51. The highest BCUT2D eigenvalue weighted by atomic mass is 16.5. The molecule has 0 unspecified atom stereocenters. The molecule has 0 spiro atoms. The Hall–Kier alpha value is -3.27. The Morgan fingerprint density at radius 2 is 1.44 bits per heavy atom. The molecule has 0 aliphatic heterocycles. The first-order valence-electron chi connectivity index (χ1n) is 9.01. The summed E-state index contributed by atoms with van der Waals surface area (Å²) < 4.78 is 5.24. The fourth-order valence-corrected chi connectivity index (χ4v) is 2.91. The fraction of sp³-hybridized carbons (Fsp3) is 0.174. The summed E-state index contributed by atoms with van der Waals surface area (Å²) in [5.74, 6) is -0.370. The van der Waals surface area contributed by atoms with E-state index in [1.165, 1.54) is 0 Å². The minimum absolute atomic E-state index is 0.0526.